The molecule has 1 aromatic carbocycles. The van der Waals surface area contributed by atoms with E-state index in [0.29, 0.717) is 38.2 Å². The Kier molecular flexibility index (Phi) is 6.22. The quantitative estimate of drug-likeness (QED) is 0.792. The number of benzene rings is 1. The average Bonchev–Trinajstić information content (AvgIpc) is 2.66. The second-order valence-corrected chi connectivity index (χ2v) is 7.37. The smallest absolute Gasteiger partial charge is 0.381 e. The molecule has 0 unspecified atom stereocenters. The van der Waals surface area contributed by atoms with Gasteiger partial charge in [-0.2, -0.15) is 13.2 Å². The van der Waals surface area contributed by atoms with E-state index < -0.39 is 11.7 Å². The maximum atomic E-state index is 13.1. The lowest BCUT2D eigenvalue weighted by atomic mass is 9.89. The highest BCUT2D eigenvalue weighted by Gasteiger charge is 2.33. The van der Waals surface area contributed by atoms with Gasteiger partial charge < -0.3 is 9.64 Å². The highest BCUT2D eigenvalue weighted by atomic mass is 19.4. The van der Waals surface area contributed by atoms with Gasteiger partial charge in [-0.05, 0) is 56.1 Å². The number of alkyl halides is 3. The summed E-state index contributed by atoms with van der Waals surface area (Å²) in [5, 5.41) is 0. The number of piperidine rings is 1. The molecular weight excluding hydrogens is 343 g/mol. The van der Waals surface area contributed by atoms with E-state index in [1.54, 1.807) is 12.1 Å². The highest BCUT2D eigenvalue weighted by molar-refractivity contribution is 5.79. The fourth-order valence-electron chi connectivity index (χ4n) is 4.08. The van der Waals surface area contributed by atoms with Crippen molar-refractivity contribution in [1.29, 1.82) is 0 Å². The Morgan fingerprint density at radius 2 is 1.88 bits per heavy atom. The molecule has 0 spiro atoms. The number of carbonyl (C=O) groups excluding carboxylic acids is 1. The van der Waals surface area contributed by atoms with Gasteiger partial charge in [0.25, 0.3) is 0 Å². The second-order valence-electron chi connectivity index (χ2n) is 7.37. The van der Waals surface area contributed by atoms with Gasteiger partial charge in [-0.15, -0.1) is 0 Å². The van der Waals surface area contributed by atoms with Crippen LogP contribution in [0.25, 0.3) is 0 Å². The van der Waals surface area contributed by atoms with Gasteiger partial charge in [0.2, 0.25) is 5.91 Å². The standard InChI is InChI=1S/C20H26F3NO2/c21-20(22,23)18-6-2-1-5-16(18)8-7-15-4-3-11-24(14-15)19(25)17-9-12-26-13-10-17/h1-2,5-6,15,17H,3-4,7-14H2/t15-/m1/s1. The fourth-order valence-corrected chi connectivity index (χ4v) is 4.08. The zero-order valence-electron chi connectivity index (χ0n) is 14.9. The molecule has 144 valence electrons. The normalized spacial score (nSPS) is 22.4. The Morgan fingerprint density at radius 1 is 1.15 bits per heavy atom. The van der Waals surface area contributed by atoms with Gasteiger partial charge in [0.05, 0.1) is 5.56 Å². The summed E-state index contributed by atoms with van der Waals surface area (Å²) in [6.45, 7) is 2.72. The molecule has 1 atom stereocenters. The first-order valence-electron chi connectivity index (χ1n) is 9.47. The molecular formula is C20H26F3NO2. The van der Waals surface area contributed by atoms with E-state index in [1.165, 1.54) is 6.07 Å². The van der Waals surface area contributed by atoms with Crippen LogP contribution >= 0.6 is 0 Å². The topological polar surface area (TPSA) is 29.5 Å². The summed E-state index contributed by atoms with van der Waals surface area (Å²) in [7, 11) is 0. The van der Waals surface area contributed by atoms with Gasteiger partial charge >= 0.3 is 6.18 Å². The molecule has 3 rings (SSSR count). The summed E-state index contributed by atoms with van der Waals surface area (Å²) >= 11 is 0. The van der Waals surface area contributed by atoms with E-state index in [0.717, 1.165) is 38.3 Å². The van der Waals surface area contributed by atoms with Gasteiger partial charge in [-0.3, -0.25) is 4.79 Å². The number of nitrogens with zero attached hydrogens (tertiary/aromatic N) is 1. The first kappa shape index (κ1) is 19.2. The Morgan fingerprint density at radius 3 is 2.62 bits per heavy atom. The lowest BCUT2D eigenvalue weighted by Gasteiger charge is -2.36. The van der Waals surface area contributed by atoms with Crippen molar-refractivity contribution in [2.45, 2.75) is 44.7 Å². The number of likely N-dealkylation sites (tertiary alicyclic amines) is 1. The van der Waals surface area contributed by atoms with Crippen LogP contribution in [0.2, 0.25) is 0 Å². The van der Waals surface area contributed by atoms with Crippen molar-refractivity contribution < 1.29 is 22.7 Å². The first-order valence-corrected chi connectivity index (χ1v) is 9.47. The van der Waals surface area contributed by atoms with Crippen molar-refractivity contribution >= 4 is 5.91 Å². The minimum Gasteiger partial charge on any atom is -0.381 e. The van der Waals surface area contributed by atoms with Crippen LogP contribution in [0.4, 0.5) is 13.2 Å². The molecule has 0 aliphatic carbocycles. The SMILES string of the molecule is O=C(C1CCOCC1)N1CCC[C@H](CCc2ccccc2C(F)(F)F)C1. The minimum atomic E-state index is -4.31. The Hall–Kier alpha value is -1.56. The number of hydrogen-bond acceptors (Lipinski definition) is 2. The molecule has 0 radical (unpaired) electrons. The Bertz CT molecular complexity index is 611. The molecule has 2 aliphatic heterocycles. The molecule has 6 heteroatoms. The summed E-state index contributed by atoms with van der Waals surface area (Å²) in [6, 6.07) is 5.81. The van der Waals surface area contributed by atoms with Crippen LogP contribution in [0.15, 0.2) is 24.3 Å². The monoisotopic (exact) mass is 369 g/mol. The molecule has 2 aliphatic rings. The zero-order valence-corrected chi connectivity index (χ0v) is 14.9. The third kappa shape index (κ3) is 4.78. The summed E-state index contributed by atoms with van der Waals surface area (Å²) in [5.41, 5.74) is -0.182. The number of amides is 1. The van der Waals surface area contributed by atoms with Crippen LogP contribution in [0.5, 0.6) is 0 Å². The van der Waals surface area contributed by atoms with Crippen LogP contribution in [0.3, 0.4) is 0 Å². The maximum absolute atomic E-state index is 13.1. The van der Waals surface area contributed by atoms with Crippen molar-refractivity contribution in [3.63, 3.8) is 0 Å². The molecule has 2 fully saturated rings. The number of halogens is 3. The Balaban J connectivity index is 1.57. The molecule has 0 N–H and O–H groups in total. The van der Waals surface area contributed by atoms with E-state index in [1.807, 2.05) is 4.90 Å². The molecule has 0 saturated carbocycles. The van der Waals surface area contributed by atoms with Crippen LogP contribution in [0, 0.1) is 11.8 Å². The molecule has 0 aromatic heterocycles. The van der Waals surface area contributed by atoms with Gasteiger partial charge in [0.1, 0.15) is 0 Å². The zero-order chi connectivity index (χ0) is 18.6. The summed E-state index contributed by atoms with van der Waals surface area (Å²) in [5.74, 6) is 0.524. The lowest BCUT2D eigenvalue weighted by molar-refractivity contribution is -0.140. The van der Waals surface area contributed by atoms with Gasteiger partial charge in [-0.25, -0.2) is 0 Å². The van der Waals surface area contributed by atoms with Crippen LogP contribution in [0.1, 0.15) is 43.2 Å². The summed E-state index contributed by atoms with van der Waals surface area (Å²) in [6.07, 6.45) is 0.239. The van der Waals surface area contributed by atoms with Crippen molar-refractivity contribution in [3.8, 4) is 0 Å². The van der Waals surface area contributed by atoms with Gasteiger partial charge in [0.15, 0.2) is 0 Å². The van der Waals surface area contributed by atoms with Crippen molar-refractivity contribution in [1.82, 2.24) is 4.90 Å². The van der Waals surface area contributed by atoms with Crippen molar-refractivity contribution in [2.24, 2.45) is 11.8 Å². The molecule has 26 heavy (non-hydrogen) atoms. The molecule has 3 nitrogen and oxygen atoms in total. The van der Waals surface area contributed by atoms with Crippen LogP contribution < -0.4 is 0 Å². The van der Waals surface area contributed by atoms with E-state index in [4.69, 9.17) is 4.74 Å². The van der Waals surface area contributed by atoms with Gasteiger partial charge in [-0.1, -0.05) is 18.2 Å². The third-order valence-electron chi connectivity index (χ3n) is 5.55. The third-order valence-corrected chi connectivity index (χ3v) is 5.55. The number of ether oxygens (including phenoxy) is 1. The van der Waals surface area contributed by atoms with Crippen LogP contribution in [-0.2, 0) is 22.1 Å². The minimum absolute atomic E-state index is 0.0495. The van der Waals surface area contributed by atoms with Crippen molar-refractivity contribution in [2.75, 3.05) is 26.3 Å². The summed E-state index contributed by atoms with van der Waals surface area (Å²) in [4.78, 5) is 14.6. The fraction of sp³-hybridized carbons (Fsp3) is 0.650. The molecule has 0 bridgehead atoms. The highest BCUT2D eigenvalue weighted by Crippen LogP contribution is 2.33. The van der Waals surface area contributed by atoms with Gasteiger partial charge in [0, 0.05) is 32.2 Å². The molecule has 2 heterocycles. The first-order chi connectivity index (χ1) is 12.4. The average molecular weight is 369 g/mol. The lowest BCUT2D eigenvalue weighted by Crippen LogP contribution is -2.44. The van der Waals surface area contributed by atoms with Crippen molar-refractivity contribution in [3.05, 3.63) is 35.4 Å². The molecule has 2 saturated heterocycles. The van der Waals surface area contributed by atoms with E-state index >= 15 is 0 Å². The largest absolute Gasteiger partial charge is 0.416 e. The number of carbonyl (C=O) groups is 1. The molecule has 1 amide bonds. The van der Waals surface area contributed by atoms with E-state index in [9.17, 15) is 18.0 Å². The number of rotatable bonds is 4. The van der Waals surface area contributed by atoms with E-state index in [-0.39, 0.29) is 17.7 Å². The maximum Gasteiger partial charge on any atom is 0.416 e. The molecule has 1 aromatic rings. The summed E-state index contributed by atoms with van der Waals surface area (Å²) < 4.78 is 44.7. The predicted octanol–water partition coefficient (Wildman–Crippen LogP) is 4.30. The van der Waals surface area contributed by atoms with Crippen LogP contribution in [-0.4, -0.2) is 37.1 Å². The second kappa shape index (κ2) is 8.42. The Labute approximate surface area is 152 Å². The predicted molar refractivity (Wildman–Crippen MR) is 92.6 cm³/mol. The number of aryl methyl sites for hydroxylation is 1. The number of hydrogen-bond donors (Lipinski definition) is 0. The van der Waals surface area contributed by atoms with E-state index in [2.05, 4.69) is 0 Å².